The van der Waals surface area contributed by atoms with Gasteiger partial charge in [0.05, 0.1) is 5.92 Å². The molecule has 0 radical (unpaired) electrons. The molecule has 1 aliphatic rings. The molecule has 130 valence electrons. The van der Waals surface area contributed by atoms with E-state index in [0.717, 1.165) is 32.1 Å². The van der Waals surface area contributed by atoms with Crippen LogP contribution < -0.4 is 0 Å². The molecule has 0 amide bonds. The molecule has 1 fully saturated rings. The third-order valence-corrected chi connectivity index (χ3v) is 5.47. The Kier molecular flexibility index (Phi) is 7.24. The summed E-state index contributed by atoms with van der Waals surface area (Å²) in [5, 5.41) is 9.38. The van der Waals surface area contributed by atoms with Crippen LogP contribution in [0.5, 0.6) is 0 Å². The van der Waals surface area contributed by atoms with E-state index < -0.39 is 5.97 Å². The van der Waals surface area contributed by atoms with Crippen molar-refractivity contribution in [1.82, 2.24) is 0 Å². The predicted molar refractivity (Wildman–Crippen MR) is 94.2 cm³/mol. The van der Waals surface area contributed by atoms with Crippen LogP contribution in [0, 0.1) is 23.2 Å². The van der Waals surface area contributed by atoms with Crippen LogP contribution >= 0.6 is 0 Å². The number of carboxylic acid groups (broad SMARTS) is 1. The first kappa shape index (κ1) is 19.7. The summed E-state index contributed by atoms with van der Waals surface area (Å²) in [7, 11) is 0. The van der Waals surface area contributed by atoms with Crippen LogP contribution in [0.15, 0.2) is 24.3 Å². The zero-order valence-electron chi connectivity index (χ0n) is 15.1. The first-order valence-corrected chi connectivity index (χ1v) is 8.79. The van der Waals surface area contributed by atoms with Crippen molar-refractivity contribution >= 4 is 11.8 Å². The third-order valence-electron chi connectivity index (χ3n) is 5.47. The van der Waals surface area contributed by atoms with Crippen LogP contribution in [0.1, 0.15) is 66.2 Å². The van der Waals surface area contributed by atoms with Crippen LogP contribution in [-0.4, -0.2) is 16.9 Å². The summed E-state index contributed by atoms with van der Waals surface area (Å²) in [5.74, 6) is -0.0785. The van der Waals surface area contributed by atoms with E-state index in [0.29, 0.717) is 18.3 Å². The van der Waals surface area contributed by atoms with Gasteiger partial charge in [-0.15, -0.1) is 0 Å². The average molecular weight is 320 g/mol. The number of hydrogen-bond acceptors (Lipinski definition) is 2. The van der Waals surface area contributed by atoms with E-state index in [1.807, 2.05) is 6.92 Å². The zero-order chi connectivity index (χ0) is 17.6. The SMILES string of the molecule is C=C(C)C1CCC(C)(/C=C/C(C)=O)C1CCC(CCC)C(=O)O. The number of carbonyl (C=O) groups excluding carboxylic acids is 1. The molecule has 1 saturated carbocycles. The van der Waals surface area contributed by atoms with E-state index in [2.05, 4.69) is 26.5 Å². The fourth-order valence-corrected chi connectivity index (χ4v) is 4.07. The fourth-order valence-electron chi connectivity index (χ4n) is 4.07. The minimum atomic E-state index is -0.683. The highest BCUT2D eigenvalue weighted by Crippen LogP contribution is 2.52. The van der Waals surface area contributed by atoms with Crippen LogP contribution in [0.3, 0.4) is 0 Å². The third kappa shape index (κ3) is 5.33. The van der Waals surface area contributed by atoms with Crippen molar-refractivity contribution in [3.63, 3.8) is 0 Å². The van der Waals surface area contributed by atoms with Gasteiger partial charge in [0.1, 0.15) is 0 Å². The molecule has 0 aromatic carbocycles. The summed E-state index contributed by atoms with van der Waals surface area (Å²) in [4.78, 5) is 22.7. The van der Waals surface area contributed by atoms with Gasteiger partial charge in [-0.05, 0) is 69.3 Å². The lowest BCUT2D eigenvalue weighted by Gasteiger charge is -2.33. The number of rotatable bonds is 9. The molecule has 4 atom stereocenters. The highest BCUT2D eigenvalue weighted by molar-refractivity contribution is 5.87. The van der Waals surface area contributed by atoms with Crippen molar-refractivity contribution in [2.45, 2.75) is 66.2 Å². The topological polar surface area (TPSA) is 54.4 Å². The maximum Gasteiger partial charge on any atom is 0.306 e. The first-order valence-electron chi connectivity index (χ1n) is 8.79. The molecule has 0 saturated heterocycles. The van der Waals surface area contributed by atoms with E-state index in [1.165, 1.54) is 5.57 Å². The summed E-state index contributed by atoms with van der Waals surface area (Å²) in [6.07, 6.45) is 9.06. The molecule has 1 N–H and O–H groups in total. The summed E-state index contributed by atoms with van der Waals surface area (Å²) < 4.78 is 0. The lowest BCUT2D eigenvalue weighted by molar-refractivity contribution is -0.142. The van der Waals surface area contributed by atoms with Crippen molar-refractivity contribution in [3.05, 3.63) is 24.3 Å². The first-order chi connectivity index (χ1) is 10.7. The van der Waals surface area contributed by atoms with Gasteiger partial charge in [-0.3, -0.25) is 9.59 Å². The van der Waals surface area contributed by atoms with Gasteiger partial charge < -0.3 is 5.11 Å². The van der Waals surface area contributed by atoms with Crippen LogP contribution in [0.2, 0.25) is 0 Å². The lowest BCUT2D eigenvalue weighted by atomic mass is 9.72. The molecule has 1 aliphatic carbocycles. The molecule has 23 heavy (non-hydrogen) atoms. The van der Waals surface area contributed by atoms with Crippen molar-refractivity contribution in [3.8, 4) is 0 Å². The molecular formula is C20H32O3. The van der Waals surface area contributed by atoms with Crippen molar-refractivity contribution in [2.24, 2.45) is 23.2 Å². The van der Waals surface area contributed by atoms with Gasteiger partial charge in [0.25, 0.3) is 0 Å². The fraction of sp³-hybridized carbons (Fsp3) is 0.700. The van der Waals surface area contributed by atoms with Gasteiger partial charge in [-0.1, -0.05) is 38.5 Å². The Bertz CT molecular complexity index is 477. The van der Waals surface area contributed by atoms with Gasteiger partial charge in [-0.2, -0.15) is 0 Å². The zero-order valence-corrected chi connectivity index (χ0v) is 15.1. The van der Waals surface area contributed by atoms with E-state index in [4.69, 9.17) is 0 Å². The number of allylic oxidation sites excluding steroid dienone is 3. The monoisotopic (exact) mass is 320 g/mol. The molecule has 0 aromatic rings. The number of aliphatic carboxylic acids is 1. The normalized spacial score (nSPS) is 28.9. The molecule has 1 rings (SSSR count). The molecule has 4 unspecified atom stereocenters. The quantitative estimate of drug-likeness (QED) is 0.479. The molecule has 3 nitrogen and oxygen atoms in total. The molecule has 0 aromatic heterocycles. The Morgan fingerprint density at radius 3 is 2.48 bits per heavy atom. The smallest absolute Gasteiger partial charge is 0.306 e. The Morgan fingerprint density at radius 1 is 1.35 bits per heavy atom. The number of ketones is 1. The number of carbonyl (C=O) groups is 2. The molecule has 0 spiro atoms. The Balaban J connectivity index is 2.91. The van der Waals surface area contributed by atoms with Gasteiger partial charge in [0.15, 0.2) is 5.78 Å². The molecule has 3 heteroatoms. The average Bonchev–Trinajstić information content (AvgIpc) is 2.79. The van der Waals surface area contributed by atoms with Crippen LogP contribution in [-0.2, 0) is 9.59 Å². The Hall–Kier alpha value is -1.38. The number of carboxylic acids is 1. The maximum absolute atomic E-state index is 11.4. The minimum absolute atomic E-state index is 0.0371. The largest absolute Gasteiger partial charge is 0.481 e. The molecule has 0 heterocycles. The summed E-state index contributed by atoms with van der Waals surface area (Å²) >= 11 is 0. The van der Waals surface area contributed by atoms with Gasteiger partial charge in [0.2, 0.25) is 0 Å². The Labute approximate surface area is 140 Å². The van der Waals surface area contributed by atoms with E-state index in [9.17, 15) is 14.7 Å². The number of hydrogen-bond donors (Lipinski definition) is 1. The highest BCUT2D eigenvalue weighted by Gasteiger charge is 2.43. The Morgan fingerprint density at radius 2 is 2.00 bits per heavy atom. The minimum Gasteiger partial charge on any atom is -0.481 e. The van der Waals surface area contributed by atoms with E-state index in [-0.39, 0.29) is 17.1 Å². The van der Waals surface area contributed by atoms with Crippen LogP contribution in [0.25, 0.3) is 0 Å². The maximum atomic E-state index is 11.4. The van der Waals surface area contributed by atoms with Gasteiger partial charge >= 0.3 is 5.97 Å². The summed E-state index contributed by atoms with van der Waals surface area (Å²) in [6, 6.07) is 0. The molecule has 0 aliphatic heterocycles. The van der Waals surface area contributed by atoms with Gasteiger partial charge in [0, 0.05) is 0 Å². The standard InChI is InChI=1S/C20H32O3/c1-6-7-16(19(22)23)8-9-18-17(14(2)3)11-13-20(18,5)12-10-15(4)21/h10,12,16-18H,2,6-9,11,13H2,1,3-5H3,(H,22,23)/b12-10+. The second-order valence-electron chi connectivity index (χ2n) is 7.45. The summed E-state index contributed by atoms with van der Waals surface area (Å²) in [5.41, 5.74) is 1.14. The van der Waals surface area contributed by atoms with Crippen molar-refractivity contribution in [2.75, 3.05) is 0 Å². The molecular weight excluding hydrogens is 288 g/mol. The highest BCUT2D eigenvalue weighted by atomic mass is 16.4. The predicted octanol–water partition coefficient (Wildman–Crippen LogP) is 5.02. The summed E-state index contributed by atoms with van der Waals surface area (Å²) in [6.45, 7) is 12.0. The van der Waals surface area contributed by atoms with E-state index in [1.54, 1.807) is 13.0 Å². The second kappa shape index (κ2) is 8.47. The molecule has 0 bridgehead atoms. The van der Waals surface area contributed by atoms with Crippen molar-refractivity contribution < 1.29 is 14.7 Å². The lowest BCUT2D eigenvalue weighted by Crippen LogP contribution is -2.26. The van der Waals surface area contributed by atoms with Crippen LogP contribution in [0.4, 0.5) is 0 Å². The second-order valence-corrected chi connectivity index (χ2v) is 7.45. The van der Waals surface area contributed by atoms with Gasteiger partial charge in [-0.25, -0.2) is 0 Å². The van der Waals surface area contributed by atoms with Crippen molar-refractivity contribution in [1.29, 1.82) is 0 Å². The van der Waals surface area contributed by atoms with E-state index >= 15 is 0 Å².